The summed E-state index contributed by atoms with van der Waals surface area (Å²) in [4.78, 5) is 36.8. The van der Waals surface area contributed by atoms with Gasteiger partial charge in [0.2, 0.25) is 11.9 Å². The molecule has 0 saturated heterocycles. The summed E-state index contributed by atoms with van der Waals surface area (Å²) in [6.45, 7) is 2.83. The van der Waals surface area contributed by atoms with Crippen molar-refractivity contribution in [1.82, 2.24) is 14.5 Å². The maximum atomic E-state index is 13.4. The number of hydrogen-bond donors (Lipinski definition) is 1. The molecule has 166 valence electrons. The Bertz CT molecular complexity index is 1300. The fourth-order valence-electron chi connectivity index (χ4n) is 4.11. The van der Waals surface area contributed by atoms with E-state index in [4.69, 9.17) is 9.72 Å². The van der Waals surface area contributed by atoms with Gasteiger partial charge in [0.25, 0.3) is 5.91 Å². The molecule has 2 aromatic heterocycles. The van der Waals surface area contributed by atoms with E-state index in [9.17, 15) is 9.59 Å². The number of anilines is 2. The van der Waals surface area contributed by atoms with Crippen molar-refractivity contribution in [2.75, 3.05) is 16.8 Å². The first-order valence-electron chi connectivity index (χ1n) is 10.8. The number of ether oxygens (including phenoxy) is 1. The third-order valence-electron chi connectivity index (χ3n) is 5.57. The lowest BCUT2D eigenvalue weighted by Gasteiger charge is -2.16. The Morgan fingerprint density at radius 2 is 1.91 bits per heavy atom. The number of nitrogens with zero attached hydrogens (tertiary/aromatic N) is 4. The predicted octanol–water partition coefficient (Wildman–Crippen LogP) is 3.95. The van der Waals surface area contributed by atoms with Crippen LogP contribution in [-0.2, 0) is 16.1 Å². The number of para-hydroxylation sites is 2. The van der Waals surface area contributed by atoms with Crippen LogP contribution in [0, 0.1) is 0 Å². The van der Waals surface area contributed by atoms with Crippen molar-refractivity contribution in [3.63, 3.8) is 0 Å². The number of pyridine rings is 1. The summed E-state index contributed by atoms with van der Waals surface area (Å²) in [5.41, 5.74) is 3.15. The predicted molar refractivity (Wildman–Crippen MR) is 125 cm³/mol. The second kappa shape index (κ2) is 8.74. The monoisotopic (exact) mass is 441 g/mol. The van der Waals surface area contributed by atoms with E-state index in [-0.39, 0.29) is 18.2 Å². The fourth-order valence-corrected chi connectivity index (χ4v) is 4.11. The average molecular weight is 441 g/mol. The molecule has 2 aromatic carbocycles. The summed E-state index contributed by atoms with van der Waals surface area (Å²) in [5.74, 6) is 0.879. The lowest BCUT2D eigenvalue weighted by atomic mass is 10.1. The van der Waals surface area contributed by atoms with Crippen LogP contribution in [0.5, 0.6) is 5.75 Å². The Hall–Kier alpha value is -4.20. The van der Waals surface area contributed by atoms with E-state index in [1.807, 2.05) is 47.9 Å². The van der Waals surface area contributed by atoms with Crippen LogP contribution < -0.4 is 15.0 Å². The average Bonchev–Trinajstić information content (AvgIpc) is 3.32. The molecule has 1 aliphatic rings. The first kappa shape index (κ1) is 20.7. The van der Waals surface area contributed by atoms with Gasteiger partial charge in [0.15, 0.2) is 0 Å². The van der Waals surface area contributed by atoms with E-state index < -0.39 is 6.04 Å². The topological polar surface area (TPSA) is 89.3 Å². The minimum absolute atomic E-state index is 0.00292. The molecular formula is C25H23N5O3. The number of imidazole rings is 1. The Balaban J connectivity index is 1.41. The maximum Gasteiger partial charge on any atom is 0.253 e. The van der Waals surface area contributed by atoms with Crippen LogP contribution >= 0.6 is 0 Å². The van der Waals surface area contributed by atoms with Crippen LogP contribution in [0.2, 0.25) is 0 Å². The number of fused-ring (bicyclic) bond motifs is 3. The molecule has 0 saturated carbocycles. The highest BCUT2D eigenvalue weighted by molar-refractivity contribution is 6.05. The van der Waals surface area contributed by atoms with Crippen LogP contribution in [0.3, 0.4) is 0 Å². The maximum absolute atomic E-state index is 13.4. The molecule has 1 atom stereocenters. The Kier molecular flexibility index (Phi) is 5.48. The van der Waals surface area contributed by atoms with Crippen LogP contribution in [0.15, 0.2) is 73.1 Å². The molecule has 8 heteroatoms. The highest BCUT2D eigenvalue weighted by Gasteiger charge is 2.40. The van der Waals surface area contributed by atoms with Gasteiger partial charge in [-0.15, -0.1) is 0 Å². The molecule has 4 aromatic rings. The second-order valence-electron chi connectivity index (χ2n) is 7.78. The van der Waals surface area contributed by atoms with Crippen LogP contribution in [0.1, 0.15) is 24.9 Å². The largest absolute Gasteiger partial charge is 0.494 e. The van der Waals surface area contributed by atoms with Gasteiger partial charge in [-0.2, -0.15) is 0 Å². The molecule has 2 amide bonds. The molecule has 0 fully saturated rings. The number of carbonyl (C=O) groups excluding carboxylic acids is 2. The van der Waals surface area contributed by atoms with E-state index in [2.05, 4.69) is 10.3 Å². The smallest absolute Gasteiger partial charge is 0.253 e. The van der Waals surface area contributed by atoms with Crippen molar-refractivity contribution >= 4 is 34.5 Å². The summed E-state index contributed by atoms with van der Waals surface area (Å²) >= 11 is 0. The second-order valence-corrected chi connectivity index (χ2v) is 7.78. The summed E-state index contributed by atoms with van der Waals surface area (Å²) in [6, 6.07) is 17.9. The number of benzene rings is 2. The van der Waals surface area contributed by atoms with Crippen molar-refractivity contribution in [1.29, 1.82) is 0 Å². The minimum atomic E-state index is -0.674. The molecule has 1 aliphatic heterocycles. The Morgan fingerprint density at radius 3 is 2.67 bits per heavy atom. The van der Waals surface area contributed by atoms with E-state index in [1.54, 1.807) is 41.6 Å². The molecule has 0 radical (unpaired) electrons. The molecular weight excluding hydrogens is 418 g/mol. The summed E-state index contributed by atoms with van der Waals surface area (Å²) in [6.07, 6.45) is 3.42. The zero-order chi connectivity index (χ0) is 22.8. The van der Waals surface area contributed by atoms with Gasteiger partial charge < -0.3 is 10.1 Å². The number of aromatic nitrogens is 3. The molecule has 0 aliphatic carbocycles. The normalized spacial score (nSPS) is 15.0. The zero-order valence-corrected chi connectivity index (χ0v) is 18.1. The fraction of sp³-hybridized carbons (Fsp3) is 0.200. The summed E-state index contributed by atoms with van der Waals surface area (Å²) < 4.78 is 7.31. The number of hydrogen-bond acceptors (Lipinski definition) is 5. The van der Waals surface area contributed by atoms with Gasteiger partial charge >= 0.3 is 0 Å². The van der Waals surface area contributed by atoms with Crippen LogP contribution in [-0.4, -0.2) is 33.0 Å². The number of nitrogens with one attached hydrogen (secondary N) is 1. The van der Waals surface area contributed by atoms with Gasteiger partial charge in [-0.1, -0.05) is 18.2 Å². The molecule has 0 bridgehead atoms. The van der Waals surface area contributed by atoms with E-state index in [0.29, 0.717) is 24.8 Å². The number of amides is 2. The van der Waals surface area contributed by atoms with Gasteiger partial charge in [-0.3, -0.25) is 24.0 Å². The Labute approximate surface area is 190 Å². The number of carbonyl (C=O) groups is 2. The standard InChI is InChI=1S/C25H23N5O3/c1-2-33-19-11-9-18(10-12-19)27-23(31)14-22-24(32)29(16-17-6-5-13-26-15-17)25-28-20-7-3-4-8-21(20)30(22)25/h3-13,15,22H,2,14,16H2,1H3,(H,27,31)/t22-/m1/s1. The van der Waals surface area contributed by atoms with Crippen LogP contribution in [0.4, 0.5) is 11.6 Å². The zero-order valence-electron chi connectivity index (χ0n) is 18.1. The first-order valence-corrected chi connectivity index (χ1v) is 10.8. The van der Waals surface area contributed by atoms with Crippen LogP contribution in [0.25, 0.3) is 11.0 Å². The minimum Gasteiger partial charge on any atom is -0.494 e. The summed E-state index contributed by atoms with van der Waals surface area (Å²) in [5, 5.41) is 2.89. The summed E-state index contributed by atoms with van der Waals surface area (Å²) in [7, 11) is 0. The van der Waals surface area contributed by atoms with Crippen molar-refractivity contribution in [3.05, 3.63) is 78.6 Å². The van der Waals surface area contributed by atoms with E-state index in [0.717, 1.165) is 22.3 Å². The molecule has 0 unspecified atom stereocenters. The van der Waals surface area contributed by atoms with Crippen molar-refractivity contribution in [2.45, 2.75) is 25.9 Å². The molecule has 3 heterocycles. The first-order chi connectivity index (χ1) is 16.1. The SMILES string of the molecule is CCOc1ccc(NC(=O)C[C@@H]2C(=O)N(Cc3cccnc3)c3nc4ccccc4n32)cc1. The highest BCUT2D eigenvalue weighted by atomic mass is 16.5. The molecule has 33 heavy (non-hydrogen) atoms. The van der Waals surface area contributed by atoms with E-state index >= 15 is 0 Å². The van der Waals surface area contributed by atoms with Gasteiger partial charge in [0, 0.05) is 18.1 Å². The lowest BCUT2D eigenvalue weighted by Crippen LogP contribution is -2.31. The van der Waals surface area contributed by atoms with Crippen molar-refractivity contribution < 1.29 is 14.3 Å². The lowest BCUT2D eigenvalue weighted by molar-refractivity contribution is -0.124. The quantitative estimate of drug-likeness (QED) is 0.469. The third kappa shape index (κ3) is 4.03. The van der Waals surface area contributed by atoms with Gasteiger partial charge in [0.1, 0.15) is 11.8 Å². The van der Waals surface area contributed by atoms with Crippen molar-refractivity contribution in [3.8, 4) is 5.75 Å². The Morgan fingerprint density at radius 1 is 1.09 bits per heavy atom. The molecule has 1 N–H and O–H groups in total. The van der Waals surface area contributed by atoms with Gasteiger partial charge in [0.05, 0.1) is 30.6 Å². The molecule has 5 rings (SSSR count). The van der Waals surface area contributed by atoms with Gasteiger partial charge in [-0.25, -0.2) is 4.98 Å². The highest BCUT2D eigenvalue weighted by Crippen LogP contribution is 2.37. The third-order valence-corrected chi connectivity index (χ3v) is 5.57. The van der Waals surface area contributed by atoms with E-state index in [1.165, 1.54) is 0 Å². The van der Waals surface area contributed by atoms with Crippen molar-refractivity contribution in [2.24, 2.45) is 0 Å². The van der Waals surface area contributed by atoms with Gasteiger partial charge in [-0.05, 0) is 55.0 Å². The molecule has 0 spiro atoms. The molecule has 8 nitrogen and oxygen atoms in total. The number of rotatable bonds is 7.